The number of rotatable bonds is 2. The summed E-state index contributed by atoms with van der Waals surface area (Å²) in [6, 6.07) is 9.76. The quantitative estimate of drug-likeness (QED) is 0.608. The van der Waals surface area contributed by atoms with Crippen molar-refractivity contribution in [1.82, 2.24) is 24.3 Å². The number of imidazole rings is 1. The highest BCUT2D eigenvalue weighted by Crippen LogP contribution is 2.28. The number of carbonyl (C=O) groups excluding carboxylic acids is 1. The lowest BCUT2D eigenvalue weighted by molar-refractivity contribution is 0.0767. The van der Waals surface area contributed by atoms with Gasteiger partial charge in [0.1, 0.15) is 17.0 Å². The average Bonchev–Trinajstić information content (AvgIpc) is 3.32. The second-order valence-electron chi connectivity index (χ2n) is 6.42. The lowest BCUT2D eigenvalue weighted by Crippen LogP contribution is -2.34. The number of fused-ring (bicyclic) bond motifs is 2. The molecule has 0 unspecified atom stereocenters. The average molecular weight is 343 g/mol. The number of aromatic amines is 1. The Morgan fingerprint density at radius 1 is 1.19 bits per heavy atom. The van der Waals surface area contributed by atoms with E-state index in [1.807, 2.05) is 46.0 Å². The second-order valence-corrected chi connectivity index (χ2v) is 6.42. The molecule has 4 aromatic heterocycles. The van der Waals surface area contributed by atoms with Crippen LogP contribution in [0.1, 0.15) is 22.5 Å². The molecule has 5 rings (SSSR count). The van der Waals surface area contributed by atoms with E-state index in [0.29, 0.717) is 18.8 Å². The molecular formula is C20H17N5O. The monoisotopic (exact) mass is 343 g/mol. The molecule has 0 bridgehead atoms. The van der Waals surface area contributed by atoms with E-state index < -0.39 is 0 Å². The predicted molar refractivity (Wildman–Crippen MR) is 99.8 cm³/mol. The third-order valence-electron chi connectivity index (χ3n) is 4.88. The van der Waals surface area contributed by atoms with Crippen molar-refractivity contribution < 1.29 is 4.79 Å². The number of H-pyrrole nitrogens is 1. The highest BCUT2D eigenvalue weighted by atomic mass is 16.2. The summed E-state index contributed by atoms with van der Waals surface area (Å²) in [5, 5.41) is 1.12. The van der Waals surface area contributed by atoms with Gasteiger partial charge in [0, 0.05) is 48.8 Å². The van der Waals surface area contributed by atoms with Crippen molar-refractivity contribution in [1.29, 1.82) is 0 Å². The summed E-state index contributed by atoms with van der Waals surface area (Å²) in [6.45, 7) is 1.28. The number of amides is 1. The van der Waals surface area contributed by atoms with E-state index in [0.717, 1.165) is 23.1 Å². The molecule has 0 saturated heterocycles. The number of hydrogen-bond donors (Lipinski definition) is 1. The van der Waals surface area contributed by atoms with Gasteiger partial charge in [0.05, 0.1) is 0 Å². The molecule has 26 heavy (non-hydrogen) atoms. The van der Waals surface area contributed by atoms with E-state index in [-0.39, 0.29) is 5.91 Å². The number of nitrogens with zero attached hydrogens (tertiary/aromatic N) is 4. The molecule has 0 spiro atoms. The smallest absolute Gasteiger partial charge is 0.274 e. The topological polar surface area (TPSA) is 66.3 Å². The predicted octanol–water partition coefficient (Wildman–Crippen LogP) is 3.14. The van der Waals surface area contributed by atoms with Gasteiger partial charge in [0.25, 0.3) is 5.91 Å². The Kier molecular flexibility index (Phi) is 3.35. The molecular weight excluding hydrogens is 326 g/mol. The van der Waals surface area contributed by atoms with Crippen molar-refractivity contribution in [2.45, 2.75) is 6.42 Å². The van der Waals surface area contributed by atoms with E-state index in [1.54, 1.807) is 12.4 Å². The zero-order chi connectivity index (χ0) is 17.5. The van der Waals surface area contributed by atoms with Crippen molar-refractivity contribution in [3.8, 4) is 0 Å². The van der Waals surface area contributed by atoms with Gasteiger partial charge in [-0.15, -0.1) is 0 Å². The molecule has 0 atom stereocenters. The first kappa shape index (κ1) is 14.9. The van der Waals surface area contributed by atoms with Gasteiger partial charge in [0.2, 0.25) is 0 Å². The maximum Gasteiger partial charge on any atom is 0.274 e. The van der Waals surface area contributed by atoms with Crippen LogP contribution in [0.25, 0.3) is 22.3 Å². The summed E-state index contributed by atoms with van der Waals surface area (Å²) in [6.07, 6.45) is 10.4. The second kappa shape index (κ2) is 5.84. The van der Waals surface area contributed by atoms with Gasteiger partial charge in [-0.1, -0.05) is 12.1 Å². The lowest BCUT2D eigenvalue weighted by atomic mass is 9.99. The van der Waals surface area contributed by atoms with Gasteiger partial charge in [-0.3, -0.25) is 4.79 Å². The summed E-state index contributed by atoms with van der Waals surface area (Å²) in [4.78, 5) is 26.6. The Bertz CT molecular complexity index is 1120. The minimum atomic E-state index is -0.0235. The summed E-state index contributed by atoms with van der Waals surface area (Å²) in [5.41, 5.74) is 4.60. The lowest BCUT2D eigenvalue weighted by Gasteiger charge is -2.25. The van der Waals surface area contributed by atoms with Crippen molar-refractivity contribution in [2.24, 2.45) is 0 Å². The van der Waals surface area contributed by atoms with Crippen molar-refractivity contribution in [3.63, 3.8) is 0 Å². The Hall–Kier alpha value is -3.41. The van der Waals surface area contributed by atoms with Gasteiger partial charge in [-0.05, 0) is 36.3 Å². The molecule has 6 nitrogen and oxygen atoms in total. The molecule has 0 fully saturated rings. The SMILES string of the molecule is O=C(c1cn2ccccc2n1)N1CC=C(c2c[nH]c3ncccc23)CC1. The van der Waals surface area contributed by atoms with Crippen LogP contribution in [0.5, 0.6) is 0 Å². The summed E-state index contributed by atoms with van der Waals surface area (Å²) in [7, 11) is 0. The zero-order valence-corrected chi connectivity index (χ0v) is 14.1. The fourth-order valence-corrected chi connectivity index (χ4v) is 3.52. The molecule has 5 heterocycles. The molecule has 0 saturated carbocycles. The molecule has 1 N–H and O–H groups in total. The minimum Gasteiger partial charge on any atom is -0.346 e. The van der Waals surface area contributed by atoms with Crippen LogP contribution in [-0.2, 0) is 0 Å². The molecule has 0 radical (unpaired) electrons. The maximum atomic E-state index is 12.8. The number of hydrogen-bond acceptors (Lipinski definition) is 3. The fraction of sp³-hybridized carbons (Fsp3) is 0.150. The maximum absolute atomic E-state index is 12.8. The van der Waals surface area contributed by atoms with Gasteiger partial charge in [-0.25, -0.2) is 9.97 Å². The number of nitrogens with one attached hydrogen (secondary N) is 1. The third-order valence-corrected chi connectivity index (χ3v) is 4.88. The van der Waals surface area contributed by atoms with Crippen LogP contribution in [0.4, 0.5) is 0 Å². The largest absolute Gasteiger partial charge is 0.346 e. The number of pyridine rings is 2. The molecule has 1 aliphatic heterocycles. The van der Waals surface area contributed by atoms with Gasteiger partial charge in [-0.2, -0.15) is 0 Å². The molecule has 4 aromatic rings. The Labute approximate surface area is 149 Å². The highest BCUT2D eigenvalue weighted by molar-refractivity contribution is 5.94. The molecule has 1 amide bonds. The Balaban J connectivity index is 1.39. The number of carbonyl (C=O) groups is 1. The van der Waals surface area contributed by atoms with Gasteiger partial charge >= 0.3 is 0 Å². The third kappa shape index (κ3) is 2.38. The molecule has 0 aliphatic carbocycles. The molecule has 0 aromatic carbocycles. The van der Waals surface area contributed by atoms with E-state index in [4.69, 9.17) is 0 Å². The first-order valence-corrected chi connectivity index (χ1v) is 8.64. The first-order chi connectivity index (χ1) is 12.8. The normalized spacial score (nSPS) is 14.8. The Morgan fingerprint density at radius 2 is 2.15 bits per heavy atom. The summed E-state index contributed by atoms with van der Waals surface area (Å²) < 4.78 is 1.87. The molecule has 1 aliphatic rings. The van der Waals surface area contributed by atoms with E-state index in [1.165, 1.54) is 11.1 Å². The zero-order valence-electron chi connectivity index (χ0n) is 14.1. The van der Waals surface area contributed by atoms with Crippen LogP contribution in [0, 0.1) is 0 Å². The van der Waals surface area contributed by atoms with E-state index >= 15 is 0 Å². The van der Waals surface area contributed by atoms with Crippen LogP contribution in [0.3, 0.4) is 0 Å². The molecule has 128 valence electrons. The Morgan fingerprint density at radius 3 is 3.00 bits per heavy atom. The minimum absolute atomic E-state index is 0.0235. The van der Waals surface area contributed by atoms with Gasteiger partial charge < -0.3 is 14.3 Å². The van der Waals surface area contributed by atoms with E-state index in [2.05, 4.69) is 27.1 Å². The van der Waals surface area contributed by atoms with Crippen molar-refractivity contribution >= 4 is 28.2 Å². The number of aromatic nitrogens is 4. The van der Waals surface area contributed by atoms with Crippen LogP contribution in [0.2, 0.25) is 0 Å². The highest BCUT2D eigenvalue weighted by Gasteiger charge is 2.22. The van der Waals surface area contributed by atoms with Crippen molar-refractivity contribution in [3.05, 3.63) is 72.5 Å². The molecule has 6 heteroatoms. The van der Waals surface area contributed by atoms with Gasteiger partial charge in [0.15, 0.2) is 0 Å². The summed E-state index contributed by atoms with van der Waals surface area (Å²) >= 11 is 0. The first-order valence-electron chi connectivity index (χ1n) is 8.64. The van der Waals surface area contributed by atoms with Crippen LogP contribution < -0.4 is 0 Å². The fourth-order valence-electron chi connectivity index (χ4n) is 3.52. The summed E-state index contributed by atoms with van der Waals surface area (Å²) in [5.74, 6) is -0.0235. The van der Waals surface area contributed by atoms with Crippen LogP contribution in [0.15, 0.2) is 61.2 Å². The van der Waals surface area contributed by atoms with Crippen LogP contribution in [-0.4, -0.2) is 43.2 Å². The van der Waals surface area contributed by atoms with E-state index in [9.17, 15) is 4.79 Å². The standard InChI is InChI=1S/C20H17N5O/c26-20(17-13-25-9-2-1-5-18(25)23-17)24-10-6-14(7-11-24)16-12-22-19-15(16)4-3-8-21-19/h1-6,8-9,12-13H,7,10-11H2,(H,21,22). The van der Waals surface area contributed by atoms with Crippen LogP contribution >= 0.6 is 0 Å². The van der Waals surface area contributed by atoms with Crippen molar-refractivity contribution in [2.75, 3.05) is 13.1 Å².